The maximum atomic E-state index is 11.6. The minimum absolute atomic E-state index is 0.00127. The van der Waals surface area contributed by atoms with Crippen LogP contribution >= 0.6 is 0 Å². The number of benzene rings is 1. The predicted molar refractivity (Wildman–Crippen MR) is 81.1 cm³/mol. The summed E-state index contributed by atoms with van der Waals surface area (Å²) in [5, 5.41) is 0. The molecule has 5 nitrogen and oxygen atoms in total. The van der Waals surface area contributed by atoms with Gasteiger partial charge >= 0.3 is 0 Å². The Hall–Kier alpha value is -1.40. The molecule has 1 heterocycles. The molecule has 0 saturated carbocycles. The standard InChI is InChI=1S/C15H21NO4S/c1-12(17)14-6-3-7-15(9-14)20-11-13-5-4-8-16(10-13)21(2,18)19/h3,6-7,9,13H,4-5,8,10-11H2,1-2H3. The lowest BCUT2D eigenvalue weighted by atomic mass is 10.0. The van der Waals surface area contributed by atoms with E-state index in [0.717, 1.165) is 12.8 Å². The molecule has 116 valence electrons. The van der Waals surface area contributed by atoms with Crippen molar-refractivity contribution in [3.63, 3.8) is 0 Å². The van der Waals surface area contributed by atoms with Gasteiger partial charge in [0.2, 0.25) is 10.0 Å². The van der Waals surface area contributed by atoms with Crippen LogP contribution in [-0.4, -0.2) is 44.5 Å². The summed E-state index contributed by atoms with van der Waals surface area (Å²) in [6.07, 6.45) is 3.06. The summed E-state index contributed by atoms with van der Waals surface area (Å²) in [6, 6.07) is 7.07. The van der Waals surface area contributed by atoms with E-state index in [1.807, 2.05) is 6.07 Å². The second-order valence-corrected chi connectivity index (χ2v) is 7.51. The topological polar surface area (TPSA) is 63.7 Å². The van der Waals surface area contributed by atoms with Crippen molar-refractivity contribution in [2.24, 2.45) is 5.92 Å². The molecule has 21 heavy (non-hydrogen) atoms. The van der Waals surface area contributed by atoms with Crippen LogP contribution in [-0.2, 0) is 10.0 Å². The van der Waals surface area contributed by atoms with Gasteiger partial charge in [-0.1, -0.05) is 12.1 Å². The molecule has 1 aromatic rings. The van der Waals surface area contributed by atoms with Crippen molar-refractivity contribution >= 4 is 15.8 Å². The van der Waals surface area contributed by atoms with E-state index in [4.69, 9.17) is 4.74 Å². The van der Waals surface area contributed by atoms with Crippen LogP contribution in [0.15, 0.2) is 24.3 Å². The van der Waals surface area contributed by atoms with Crippen molar-refractivity contribution in [2.45, 2.75) is 19.8 Å². The van der Waals surface area contributed by atoms with Crippen LogP contribution in [0.4, 0.5) is 0 Å². The smallest absolute Gasteiger partial charge is 0.211 e. The molecule has 6 heteroatoms. The van der Waals surface area contributed by atoms with Crippen molar-refractivity contribution in [3.05, 3.63) is 29.8 Å². The van der Waals surface area contributed by atoms with Gasteiger partial charge in [0.05, 0.1) is 12.9 Å². The summed E-state index contributed by atoms with van der Waals surface area (Å²) in [5.41, 5.74) is 0.619. The van der Waals surface area contributed by atoms with Gasteiger partial charge in [-0.3, -0.25) is 4.79 Å². The van der Waals surface area contributed by atoms with Crippen molar-refractivity contribution in [3.8, 4) is 5.75 Å². The second-order valence-electron chi connectivity index (χ2n) is 5.52. The summed E-state index contributed by atoms with van der Waals surface area (Å²) in [5.74, 6) is 0.843. The first-order valence-electron chi connectivity index (χ1n) is 7.05. The van der Waals surface area contributed by atoms with E-state index in [0.29, 0.717) is 31.0 Å². The van der Waals surface area contributed by atoms with Gasteiger partial charge in [0, 0.05) is 24.6 Å². The van der Waals surface area contributed by atoms with Gasteiger partial charge in [-0.25, -0.2) is 12.7 Å². The number of ketones is 1. The summed E-state index contributed by atoms with van der Waals surface area (Å²) in [7, 11) is -3.13. The van der Waals surface area contributed by atoms with Crippen molar-refractivity contribution in [2.75, 3.05) is 26.0 Å². The highest BCUT2D eigenvalue weighted by Gasteiger charge is 2.26. The van der Waals surface area contributed by atoms with Crippen molar-refractivity contribution in [1.29, 1.82) is 0 Å². The van der Waals surface area contributed by atoms with Crippen LogP contribution in [0.3, 0.4) is 0 Å². The molecule has 1 atom stereocenters. The maximum Gasteiger partial charge on any atom is 0.211 e. The molecule has 1 aliphatic rings. The van der Waals surface area contributed by atoms with E-state index in [1.54, 1.807) is 18.2 Å². The van der Waals surface area contributed by atoms with Crippen LogP contribution in [0.1, 0.15) is 30.1 Å². The number of nitrogens with zero attached hydrogens (tertiary/aromatic N) is 1. The number of piperidine rings is 1. The van der Waals surface area contributed by atoms with Crippen LogP contribution in [0.2, 0.25) is 0 Å². The van der Waals surface area contributed by atoms with E-state index in [1.165, 1.54) is 17.5 Å². The first kappa shape index (κ1) is 16.0. The SMILES string of the molecule is CC(=O)c1cccc(OCC2CCCN(S(C)(=O)=O)C2)c1. The van der Waals surface area contributed by atoms with Gasteiger partial charge in [-0.15, -0.1) is 0 Å². The molecule has 0 N–H and O–H groups in total. The minimum Gasteiger partial charge on any atom is -0.493 e. The predicted octanol–water partition coefficient (Wildman–Crippen LogP) is 1.94. The van der Waals surface area contributed by atoms with E-state index in [-0.39, 0.29) is 11.7 Å². The summed E-state index contributed by atoms with van der Waals surface area (Å²) in [6.45, 7) is 3.08. The Morgan fingerprint density at radius 2 is 2.19 bits per heavy atom. The lowest BCUT2D eigenvalue weighted by Crippen LogP contribution is -2.40. The van der Waals surface area contributed by atoms with Gasteiger partial charge in [0.1, 0.15) is 5.75 Å². The third kappa shape index (κ3) is 4.54. The normalized spacial score (nSPS) is 20.2. The highest BCUT2D eigenvalue weighted by atomic mass is 32.2. The van der Waals surface area contributed by atoms with E-state index >= 15 is 0 Å². The summed E-state index contributed by atoms with van der Waals surface area (Å²) < 4.78 is 30.4. The van der Waals surface area contributed by atoms with Gasteiger partial charge in [0.25, 0.3) is 0 Å². The highest BCUT2D eigenvalue weighted by molar-refractivity contribution is 7.88. The number of carbonyl (C=O) groups is 1. The zero-order valence-corrected chi connectivity index (χ0v) is 13.2. The van der Waals surface area contributed by atoms with Gasteiger partial charge in [0.15, 0.2) is 5.78 Å². The van der Waals surface area contributed by atoms with E-state index < -0.39 is 10.0 Å². The average molecular weight is 311 g/mol. The molecule has 1 unspecified atom stereocenters. The fraction of sp³-hybridized carbons (Fsp3) is 0.533. The van der Waals surface area contributed by atoms with E-state index in [2.05, 4.69) is 0 Å². The molecule has 0 aliphatic carbocycles. The molecule has 0 spiro atoms. The Labute approximate surface area is 126 Å². The third-order valence-corrected chi connectivity index (χ3v) is 4.95. The largest absolute Gasteiger partial charge is 0.493 e. The Kier molecular flexibility index (Phi) is 5.00. The fourth-order valence-corrected chi connectivity index (χ4v) is 3.43. The Bertz CT molecular complexity index is 612. The molecule has 2 rings (SSSR count). The first-order chi connectivity index (χ1) is 9.86. The molecule has 0 radical (unpaired) electrons. The van der Waals surface area contributed by atoms with Gasteiger partial charge in [-0.05, 0) is 31.9 Å². The maximum absolute atomic E-state index is 11.6. The Balaban J connectivity index is 1.94. The Morgan fingerprint density at radius 3 is 2.86 bits per heavy atom. The number of hydrogen-bond acceptors (Lipinski definition) is 4. The number of Topliss-reactive ketones (excluding diaryl/α,β-unsaturated/α-hetero) is 1. The van der Waals surface area contributed by atoms with Gasteiger partial charge in [-0.2, -0.15) is 0 Å². The molecule has 1 aromatic carbocycles. The molecular weight excluding hydrogens is 290 g/mol. The van der Waals surface area contributed by atoms with Crippen molar-refractivity contribution < 1.29 is 17.9 Å². The Morgan fingerprint density at radius 1 is 1.43 bits per heavy atom. The number of rotatable bonds is 5. The molecular formula is C15H21NO4S. The summed E-state index contributed by atoms with van der Waals surface area (Å²) >= 11 is 0. The van der Waals surface area contributed by atoms with Crippen LogP contribution in [0.25, 0.3) is 0 Å². The van der Waals surface area contributed by atoms with Gasteiger partial charge < -0.3 is 4.74 Å². The molecule has 1 aliphatic heterocycles. The molecule has 0 aromatic heterocycles. The van der Waals surface area contributed by atoms with E-state index in [9.17, 15) is 13.2 Å². The third-order valence-electron chi connectivity index (χ3n) is 3.68. The quantitative estimate of drug-likeness (QED) is 0.780. The number of hydrogen-bond donors (Lipinski definition) is 0. The minimum atomic E-state index is -3.13. The van der Waals surface area contributed by atoms with Crippen LogP contribution in [0.5, 0.6) is 5.75 Å². The average Bonchev–Trinajstić information content (AvgIpc) is 2.45. The monoisotopic (exact) mass is 311 g/mol. The van der Waals surface area contributed by atoms with Crippen molar-refractivity contribution in [1.82, 2.24) is 4.31 Å². The highest BCUT2D eigenvalue weighted by Crippen LogP contribution is 2.21. The molecule has 1 fully saturated rings. The molecule has 1 saturated heterocycles. The molecule has 0 bridgehead atoms. The second kappa shape index (κ2) is 6.58. The zero-order chi connectivity index (χ0) is 15.5. The lowest BCUT2D eigenvalue weighted by molar-refractivity contribution is 0.101. The summed E-state index contributed by atoms with van der Waals surface area (Å²) in [4.78, 5) is 11.3. The van der Waals surface area contributed by atoms with Crippen LogP contribution in [0, 0.1) is 5.92 Å². The van der Waals surface area contributed by atoms with Crippen LogP contribution < -0.4 is 4.74 Å². The molecule has 0 amide bonds. The number of sulfonamides is 1. The lowest BCUT2D eigenvalue weighted by Gasteiger charge is -2.30. The fourth-order valence-electron chi connectivity index (χ4n) is 2.48. The zero-order valence-electron chi connectivity index (χ0n) is 12.4. The first-order valence-corrected chi connectivity index (χ1v) is 8.90. The number of ether oxygens (including phenoxy) is 1. The number of carbonyl (C=O) groups excluding carboxylic acids is 1.